The third kappa shape index (κ3) is 9.95. The van der Waals surface area contributed by atoms with Crippen molar-refractivity contribution in [3.8, 4) is 55.3 Å². The Morgan fingerprint density at radius 1 is 0.586 bits per heavy atom. The van der Waals surface area contributed by atoms with Crippen LogP contribution in [0, 0.1) is 6.92 Å². The predicted molar refractivity (Wildman–Crippen MR) is 270 cm³/mol. The van der Waals surface area contributed by atoms with Crippen molar-refractivity contribution >= 4 is 67.0 Å². The molecule has 0 saturated carbocycles. The van der Waals surface area contributed by atoms with Gasteiger partial charge in [0.1, 0.15) is 0 Å². The zero-order valence-electron chi connectivity index (χ0n) is 37.0. The Morgan fingerprint density at radius 3 is 1.63 bits per heavy atom. The normalized spacial score (nSPS) is 12.0. The molecule has 2 N–H and O–H groups in total. The fraction of sp³-hybridized carbons (Fsp3) is 0.143. The first-order chi connectivity index (χ1) is 34.0. The number of nitrogens with one attached hydrogen (secondary N) is 2. The largest absolute Gasteiger partial charge is 0.393 e. The third-order valence-corrected chi connectivity index (χ3v) is 14.7. The maximum Gasteiger partial charge on any atom is 0.393 e. The van der Waals surface area contributed by atoms with E-state index in [2.05, 4.69) is 35.6 Å². The van der Waals surface area contributed by atoms with Crippen molar-refractivity contribution in [3.63, 3.8) is 0 Å². The summed E-state index contributed by atoms with van der Waals surface area (Å²) in [6.07, 6.45) is -3.72. The Kier molecular flexibility index (Phi) is 13.0. The highest BCUT2D eigenvalue weighted by atomic mass is 32.1. The summed E-state index contributed by atoms with van der Waals surface area (Å²) in [5, 5.41) is 28.9. The van der Waals surface area contributed by atoms with Crippen LogP contribution in [0.5, 0.6) is 0 Å². The lowest BCUT2D eigenvalue weighted by Gasteiger charge is -2.05. The van der Waals surface area contributed by atoms with Gasteiger partial charge in [-0.2, -0.15) is 22.5 Å². The van der Waals surface area contributed by atoms with Crippen molar-refractivity contribution in [1.82, 2.24) is 39.5 Å². The number of aryl methyl sites for hydroxylation is 4. The van der Waals surface area contributed by atoms with Crippen molar-refractivity contribution in [3.05, 3.63) is 173 Å². The molecule has 0 aliphatic carbocycles. The van der Waals surface area contributed by atoms with Crippen LogP contribution in [0.3, 0.4) is 0 Å². The summed E-state index contributed by atoms with van der Waals surface area (Å²) in [5.41, 5.74) is 6.59. The molecule has 0 atom stereocenters. The SMILES string of the molecule is CCc1nc(N=Nc2c(-c3ccccc3)[nH]n(-c3nc(-c4ccccc4)cs3)c2=O)sc1CCc1cccc(-c2[nH]n(-c3nc(-c4ccccc4)cs3)c(=O)c2N=Nc2nc(C)c(CC(F)(F)F)s2)c1. The monoisotopic (exact) mass is 1010 g/mol. The number of nitrogens with zero attached hydrogens (tertiary/aromatic N) is 10. The zero-order chi connectivity index (χ0) is 48.4. The number of H-pyrrole nitrogens is 2. The number of aromatic nitrogens is 8. The maximum atomic E-state index is 14.2. The molecule has 21 heteroatoms. The smallest absolute Gasteiger partial charge is 0.286 e. The van der Waals surface area contributed by atoms with E-state index in [1.54, 1.807) is 0 Å². The predicted octanol–water partition coefficient (Wildman–Crippen LogP) is 13.7. The van der Waals surface area contributed by atoms with E-state index in [9.17, 15) is 22.8 Å². The van der Waals surface area contributed by atoms with E-state index in [0.29, 0.717) is 57.3 Å². The second-order valence-corrected chi connectivity index (χ2v) is 19.5. The molecule has 0 fully saturated rings. The minimum atomic E-state index is -4.42. The molecule has 0 amide bonds. The van der Waals surface area contributed by atoms with Crippen molar-refractivity contribution in [2.24, 2.45) is 20.5 Å². The minimum Gasteiger partial charge on any atom is -0.286 e. The van der Waals surface area contributed by atoms with E-state index in [4.69, 9.17) is 15.0 Å². The van der Waals surface area contributed by atoms with E-state index in [0.717, 1.165) is 49.9 Å². The highest BCUT2D eigenvalue weighted by molar-refractivity contribution is 7.15. The summed E-state index contributed by atoms with van der Waals surface area (Å²) in [7, 11) is 0. The molecule has 0 aliphatic rings. The average molecular weight is 1010 g/mol. The van der Waals surface area contributed by atoms with Crippen LogP contribution in [0.1, 0.15) is 33.6 Å². The Hall–Kier alpha value is -7.59. The summed E-state index contributed by atoms with van der Waals surface area (Å²) in [5.74, 6) is 0. The van der Waals surface area contributed by atoms with Crippen molar-refractivity contribution in [1.29, 1.82) is 0 Å². The minimum absolute atomic E-state index is 0.00505. The highest BCUT2D eigenvalue weighted by Gasteiger charge is 2.30. The molecule has 0 aliphatic heterocycles. The summed E-state index contributed by atoms with van der Waals surface area (Å²) in [6.45, 7) is 3.50. The molecule has 10 rings (SSSR count). The molecule has 6 aromatic heterocycles. The first-order valence-corrected chi connectivity index (χ1v) is 25.1. The Labute approximate surface area is 412 Å². The van der Waals surface area contributed by atoms with Gasteiger partial charge in [-0.15, -0.1) is 43.1 Å². The number of aromatic amines is 2. The summed E-state index contributed by atoms with van der Waals surface area (Å²) >= 11 is 4.78. The number of thiazole rings is 4. The lowest BCUT2D eigenvalue weighted by molar-refractivity contribution is -0.126. The van der Waals surface area contributed by atoms with Crippen LogP contribution in [-0.4, -0.2) is 45.7 Å². The van der Waals surface area contributed by atoms with E-state index in [1.807, 2.05) is 133 Å². The van der Waals surface area contributed by atoms with Crippen molar-refractivity contribution < 1.29 is 13.2 Å². The molecule has 0 spiro atoms. The number of hydrogen-bond donors (Lipinski definition) is 2. The van der Waals surface area contributed by atoms with Gasteiger partial charge in [0.25, 0.3) is 0 Å². The molecule has 10 aromatic rings. The van der Waals surface area contributed by atoms with Crippen LogP contribution < -0.4 is 11.1 Å². The van der Waals surface area contributed by atoms with Crippen LogP contribution in [0.25, 0.3) is 55.3 Å². The third-order valence-electron chi connectivity index (χ3n) is 11.0. The van der Waals surface area contributed by atoms with Crippen LogP contribution in [0.15, 0.2) is 156 Å². The number of rotatable bonds is 15. The number of hydrogen-bond acceptors (Lipinski definition) is 14. The number of benzene rings is 4. The van der Waals surface area contributed by atoms with Gasteiger partial charge in [-0.25, -0.2) is 19.9 Å². The Morgan fingerprint density at radius 2 is 1.09 bits per heavy atom. The van der Waals surface area contributed by atoms with Gasteiger partial charge in [-0.05, 0) is 37.8 Å². The molecule has 0 bridgehead atoms. The quantitative estimate of drug-likeness (QED) is 0.0966. The number of halogens is 3. The first-order valence-electron chi connectivity index (χ1n) is 21.7. The topological polar surface area (TPSA) is 177 Å². The lowest BCUT2D eigenvalue weighted by Crippen LogP contribution is -2.13. The summed E-state index contributed by atoms with van der Waals surface area (Å²) in [6, 6.07) is 36.4. The van der Waals surface area contributed by atoms with Gasteiger partial charge in [0.15, 0.2) is 11.4 Å². The fourth-order valence-corrected chi connectivity index (χ4v) is 11.0. The van der Waals surface area contributed by atoms with Gasteiger partial charge < -0.3 is 0 Å². The van der Waals surface area contributed by atoms with Crippen LogP contribution >= 0.6 is 45.3 Å². The second-order valence-electron chi connectivity index (χ2n) is 15.7. The molecular weight excluding hydrogens is 974 g/mol. The van der Waals surface area contributed by atoms with Gasteiger partial charge >= 0.3 is 17.3 Å². The van der Waals surface area contributed by atoms with Crippen LogP contribution in [0.2, 0.25) is 0 Å². The lowest BCUT2D eigenvalue weighted by atomic mass is 10.0. The highest BCUT2D eigenvalue weighted by Crippen LogP contribution is 2.36. The van der Waals surface area contributed by atoms with E-state index in [1.165, 1.54) is 50.3 Å². The van der Waals surface area contributed by atoms with Crippen LogP contribution in [0.4, 0.5) is 34.8 Å². The molecule has 14 nitrogen and oxygen atoms in total. The summed E-state index contributed by atoms with van der Waals surface area (Å²) in [4.78, 5) is 47.7. The standard InChI is InChI=1S/C49H37F3N12O2S4/c1-3-34-37(69-46(54-34)60-57-41-39(32-19-11-6-12-20-32)61-63(43(41)65)47-55-35(26-67-47)30-15-7-4-8-16-30)23-22-29-14-13-21-33(24-29)40-42(58-59-45-53-28(2)38(70-45)25-49(50,51)52)44(66)64(62-40)48-56-36(27-68-48)31-17-9-5-10-18-31/h4-21,24,26-27,61-62H,3,22-23,25H2,1-2H3. The van der Waals surface area contributed by atoms with Crippen molar-refractivity contribution in [2.75, 3.05) is 0 Å². The molecule has 350 valence electrons. The van der Waals surface area contributed by atoms with Gasteiger partial charge in [0.2, 0.25) is 20.5 Å². The van der Waals surface area contributed by atoms with Crippen LogP contribution in [-0.2, 0) is 25.7 Å². The van der Waals surface area contributed by atoms with Gasteiger partial charge in [-0.3, -0.25) is 19.8 Å². The zero-order valence-corrected chi connectivity index (χ0v) is 40.3. The molecule has 4 aromatic carbocycles. The molecule has 0 unspecified atom stereocenters. The van der Waals surface area contributed by atoms with Gasteiger partial charge in [-0.1, -0.05) is 139 Å². The number of azo groups is 2. The molecule has 6 heterocycles. The number of alkyl halides is 3. The summed E-state index contributed by atoms with van der Waals surface area (Å²) < 4.78 is 42.5. The molecule has 0 saturated heterocycles. The Bertz CT molecular complexity index is 3640. The molecule has 70 heavy (non-hydrogen) atoms. The molecule has 0 radical (unpaired) electrons. The van der Waals surface area contributed by atoms with Gasteiger partial charge in [0.05, 0.1) is 40.6 Å². The van der Waals surface area contributed by atoms with Gasteiger partial charge in [0, 0.05) is 42.8 Å². The average Bonchev–Trinajstić information content (AvgIpc) is 4.25. The second kappa shape index (κ2) is 19.8. The fourth-order valence-electron chi connectivity index (χ4n) is 7.55. The van der Waals surface area contributed by atoms with E-state index >= 15 is 0 Å². The molecular formula is C49H37F3N12O2S4. The maximum absolute atomic E-state index is 14.2. The van der Waals surface area contributed by atoms with E-state index < -0.39 is 23.7 Å². The Balaban J connectivity index is 0.928. The van der Waals surface area contributed by atoms with E-state index in [-0.39, 0.29) is 27.1 Å². The van der Waals surface area contributed by atoms with Crippen molar-refractivity contribution in [2.45, 2.75) is 45.7 Å². The first kappa shape index (κ1) is 46.2.